The average Bonchev–Trinajstić information content (AvgIpc) is 2.43. The van der Waals surface area contributed by atoms with Crippen LogP contribution in [0.1, 0.15) is 41.5 Å². The van der Waals surface area contributed by atoms with Gasteiger partial charge in [-0.25, -0.2) is 4.98 Å². The van der Waals surface area contributed by atoms with Gasteiger partial charge >= 0.3 is 0 Å². The molecule has 110 valence electrons. The fourth-order valence-corrected chi connectivity index (χ4v) is 1.87. The number of hydrogen-bond acceptors (Lipinski definition) is 4. The quantitative estimate of drug-likeness (QED) is 0.877. The summed E-state index contributed by atoms with van der Waals surface area (Å²) in [4.78, 5) is 20.0. The standard InChI is InChI=1S/C15H16ClN3O2/c1-8(2)14-18-12(16)9(3)15(19-14)21-11-7-5-4-6-10(11)13(17)20/h4-8H,1-3H3,(H2,17,20). The number of carbonyl (C=O) groups is 1. The maximum absolute atomic E-state index is 11.4. The fourth-order valence-electron chi connectivity index (χ4n) is 1.71. The molecule has 6 heteroatoms. The van der Waals surface area contributed by atoms with Crippen molar-refractivity contribution in [2.45, 2.75) is 26.7 Å². The van der Waals surface area contributed by atoms with Crippen molar-refractivity contribution in [1.29, 1.82) is 0 Å². The van der Waals surface area contributed by atoms with Crippen molar-refractivity contribution in [3.05, 3.63) is 46.4 Å². The van der Waals surface area contributed by atoms with Gasteiger partial charge in [0.15, 0.2) is 0 Å². The molecule has 0 aliphatic rings. The SMILES string of the molecule is Cc1c(Cl)nc(C(C)C)nc1Oc1ccccc1C(N)=O. The summed E-state index contributed by atoms with van der Waals surface area (Å²) in [5.41, 5.74) is 6.24. The summed E-state index contributed by atoms with van der Waals surface area (Å²) in [6.45, 7) is 5.68. The van der Waals surface area contributed by atoms with Crippen LogP contribution in [-0.4, -0.2) is 15.9 Å². The van der Waals surface area contributed by atoms with E-state index in [1.165, 1.54) is 0 Å². The van der Waals surface area contributed by atoms with E-state index in [0.717, 1.165) is 0 Å². The first-order valence-corrected chi connectivity index (χ1v) is 6.88. The lowest BCUT2D eigenvalue weighted by Gasteiger charge is -2.13. The van der Waals surface area contributed by atoms with Gasteiger partial charge in [-0.15, -0.1) is 0 Å². The van der Waals surface area contributed by atoms with Gasteiger partial charge in [-0.1, -0.05) is 37.6 Å². The molecule has 1 heterocycles. The summed E-state index contributed by atoms with van der Waals surface area (Å²) in [5, 5.41) is 0.334. The zero-order chi connectivity index (χ0) is 15.6. The molecule has 0 radical (unpaired) electrons. The smallest absolute Gasteiger partial charge is 0.252 e. The number of benzene rings is 1. The molecule has 21 heavy (non-hydrogen) atoms. The molecule has 0 atom stereocenters. The number of hydrogen-bond donors (Lipinski definition) is 1. The summed E-state index contributed by atoms with van der Waals surface area (Å²) in [6.07, 6.45) is 0. The average molecular weight is 306 g/mol. The maximum atomic E-state index is 11.4. The Kier molecular flexibility index (Phi) is 4.43. The Balaban J connectivity index is 2.47. The summed E-state index contributed by atoms with van der Waals surface area (Å²) in [6, 6.07) is 6.72. The minimum atomic E-state index is -0.563. The highest BCUT2D eigenvalue weighted by atomic mass is 35.5. The zero-order valence-electron chi connectivity index (χ0n) is 12.1. The van der Waals surface area contributed by atoms with Crippen LogP contribution >= 0.6 is 11.6 Å². The first-order valence-electron chi connectivity index (χ1n) is 6.51. The van der Waals surface area contributed by atoms with Crippen LogP contribution in [0.15, 0.2) is 24.3 Å². The molecule has 5 nitrogen and oxygen atoms in total. The monoisotopic (exact) mass is 305 g/mol. The van der Waals surface area contributed by atoms with Gasteiger partial charge in [-0.3, -0.25) is 4.79 Å². The summed E-state index contributed by atoms with van der Waals surface area (Å²) >= 11 is 6.11. The Hall–Kier alpha value is -2.14. The molecule has 0 unspecified atom stereocenters. The third-order valence-corrected chi connectivity index (χ3v) is 3.30. The van der Waals surface area contributed by atoms with Crippen LogP contribution in [0.25, 0.3) is 0 Å². The van der Waals surface area contributed by atoms with E-state index < -0.39 is 5.91 Å². The molecule has 0 fully saturated rings. The highest BCUT2D eigenvalue weighted by molar-refractivity contribution is 6.30. The van der Waals surface area contributed by atoms with Gasteiger partial charge in [0, 0.05) is 11.5 Å². The molecule has 0 saturated heterocycles. The second-order valence-corrected chi connectivity index (χ2v) is 5.28. The third-order valence-electron chi connectivity index (χ3n) is 2.93. The molecule has 2 aromatic rings. The number of para-hydroxylation sites is 1. The Morgan fingerprint density at radius 2 is 1.95 bits per heavy atom. The number of nitrogens with zero attached hydrogens (tertiary/aromatic N) is 2. The number of ether oxygens (including phenoxy) is 1. The molecular formula is C15H16ClN3O2. The first kappa shape index (κ1) is 15.3. The van der Waals surface area contributed by atoms with Gasteiger partial charge in [0.05, 0.1) is 5.56 Å². The van der Waals surface area contributed by atoms with E-state index in [9.17, 15) is 4.79 Å². The Morgan fingerprint density at radius 3 is 2.57 bits per heavy atom. The van der Waals surface area contributed by atoms with Crippen LogP contribution in [0, 0.1) is 6.92 Å². The number of rotatable bonds is 4. The van der Waals surface area contributed by atoms with E-state index in [1.807, 2.05) is 13.8 Å². The van der Waals surface area contributed by atoms with Crippen LogP contribution < -0.4 is 10.5 Å². The van der Waals surface area contributed by atoms with Gasteiger partial charge in [0.25, 0.3) is 5.91 Å². The van der Waals surface area contributed by atoms with Crippen LogP contribution in [0.3, 0.4) is 0 Å². The largest absolute Gasteiger partial charge is 0.438 e. The maximum Gasteiger partial charge on any atom is 0.252 e. The lowest BCUT2D eigenvalue weighted by atomic mass is 10.2. The number of halogens is 1. The van der Waals surface area contributed by atoms with Crippen molar-refractivity contribution in [2.75, 3.05) is 0 Å². The van der Waals surface area contributed by atoms with Crippen molar-refractivity contribution >= 4 is 17.5 Å². The third kappa shape index (κ3) is 3.31. The number of nitrogens with two attached hydrogens (primary N) is 1. The van der Waals surface area contributed by atoms with Crippen molar-refractivity contribution in [3.63, 3.8) is 0 Å². The molecule has 0 spiro atoms. The second-order valence-electron chi connectivity index (χ2n) is 4.92. The van der Waals surface area contributed by atoms with E-state index in [1.54, 1.807) is 31.2 Å². The van der Waals surface area contributed by atoms with Crippen LogP contribution in [0.5, 0.6) is 11.6 Å². The normalized spacial score (nSPS) is 10.7. The molecule has 0 bridgehead atoms. The molecule has 0 aliphatic carbocycles. The lowest BCUT2D eigenvalue weighted by molar-refractivity contribution is 0.0998. The molecular weight excluding hydrogens is 290 g/mol. The second kappa shape index (κ2) is 6.10. The Bertz CT molecular complexity index is 687. The summed E-state index contributed by atoms with van der Waals surface area (Å²) in [7, 11) is 0. The topological polar surface area (TPSA) is 78.1 Å². The molecule has 2 N–H and O–H groups in total. The lowest BCUT2D eigenvalue weighted by Crippen LogP contribution is -2.12. The molecule has 0 aliphatic heterocycles. The number of aromatic nitrogens is 2. The first-order chi connectivity index (χ1) is 9.90. The van der Waals surface area contributed by atoms with E-state index in [-0.39, 0.29) is 11.5 Å². The molecule has 1 aromatic carbocycles. The van der Waals surface area contributed by atoms with Gasteiger partial charge in [0.2, 0.25) is 5.88 Å². The Morgan fingerprint density at radius 1 is 1.29 bits per heavy atom. The summed E-state index contributed by atoms with van der Waals surface area (Å²) in [5.74, 6) is 0.798. The van der Waals surface area contributed by atoms with Crippen LogP contribution in [-0.2, 0) is 0 Å². The summed E-state index contributed by atoms with van der Waals surface area (Å²) < 4.78 is 5.74. The van der Waals surface area contributed by atoms with Crippen molar-refractivity contribution < 1.29 is 9.53 Å². The molecule has 1 aromatic heterocycles. The zero-order valence-corrected chi connectivity index (χ0v) is 12.8. The van der Waals surface area contributed by atoms with E-state index in [2.05, 4.69) is 9.97 Å². The fraction of sp³-hybridized carbons (Fsp3) is 0.267. The highest BCUT2D eigenvalue weighted by Crippen LogP contribution is 2.30. The van der Waals surface area contributed by atoms with Gasteiger partial charge < -0.3 is 10.5 Å². The number of primary amides is 1. The van der Waals surface area contributed by atoms with Crippen molar-refractivity contribution in [3.8, 4) is 11.6 Å². The van der Waals surface area contributed by atoms with E-state index in [0.29, 0.717) is 28.2 Å². The highest BCUT2D eigenvalue weighted by Gasteiger charge is 2.16. The molecule has 2 rings (SSSR count). The van der Waals surface area contributed by atoms with Crippen molar-refractivity contribution in [1.82, 2.24) is 9.97 Å². The van der Waals surface area contributed by atoms with Crippen LogP contribution in [0.4, 0.5) is 0 Å². The molecule has 1 amide bonds. The number of carbonyl (C=O) groups excluding carboxylic acids is 1. The Labute approximate surface area is 128 Å². The minimum Gasteiger partial charge on any atom is -0.438 e. The van der Waals surface area contributed by atoms with Gasteiger partial charge in [0.1, 0.15) is 16.7 Å². The van der Waals surface area contributed by atoms with Gasteiger partial charge in [-0.2, -0.15) is 4.98 Å². The minimum absolute atomic E-state index is 0.108. The van der Waals surface area contributed by atoms with Crippen LogP contribution in [0.2, 0.25) is 5.15 Å². The van der Waals surface area contributed by atoms with E-state index in [4.69, 9.17) is 22.1 Å². The molecule has 0 saturated carbocycles. The predicted molar refractivity (Wildman–Crippen MR) is 80.9 cm³/mol. The number of amides is 1. The van der Waals surface area contributed by atoms with Crippen molar-refractivity contribution in [2.24, 2.45) is 5.73 Å². The van der Waals surface area contributed by atoms with E-state index >= 15 is 0 Å². The van der Waals surface area contributed by atoms with Gasteiger partial charge in [-0.05, 0) is 19.1 Å². The predicted octanol–water partition coefficient (Wildman–Crippen LogP) is 3.45.